The number of ether oxygens (including phenoxy) is 1. The number of piperidine rings is 1. The quantitative estimate of drug-likeness (QED) is 0.550. The Morgan fingerprint density at radius 2 is 1.80 bits per heavy atom. The Labute approximate surface area is 174 Å². The van der Waals surface area contributed by atoms with Gasteiger partial charge in [0.25, 0.3) is 11.6 Å². The fraction of sp³-hybridized carbons (Fsp3) is 0.391. The maximum Gasteiger partial charge on any atom is 0.273 e. The molecule has 0 unspecified atom stereocenters. The first-order valence-corrected chi connectivity index (χ1v) is 10.1. The van der Waals surface area contributed by atoms with Crippen molar-refractivity contribution in [3.63, 3.8) is 0 Å². The Balaban J connectivity index is 1.54. The molecule has 2 aliphatic rings. The summed E-state index contributed by atoms with van der Waals surface area (Å²) in [4.78, 5) is 38.2. The van der Waals surface area contributed by atoms with Crippen molar-refractivity contribution in [1.29, 1.82) is 0 Å². The number of hydrogen-bond donors (Lipinski definition) is 0. The van der Waals surface area contributed by atoms with Crippen LogP contribution in [0.1, 0.15) is 56.7 Å². The van der Waals surface area contributed by atoms with E-state index < -0.39 is 10.5 Å². The second-order valence-electron chi connectivity index (χ2n) is 8.27. The van der Waals surface area contributed by atoms with Crippen LogP contribution in [-0.2, 0) is 0 Å². The molecule has 1 amide bonds. The summed E-state index contributed by atoms with van der Waals surface area (Å²) < 4.78 is 6.40. The van der Waals surface area contributed by atoms with Gasteiger partial charge in [-0.1, -0.05) is 12.1 Å². The molecule has 1 fully saturated rings. The number of nitro benzene ring substituents is 1. The molecule has 30 heavy (non-hydrogen) atoms. The normalized spacial score (nSPS) is 17.4. The molecule has 2 aromatic carbocycles. The molecular formula is C23H24N2O5. The first-order chi connectivity index (χ1) is 14.2. The average Bonchev–Trinajstić information content (AvgIpc) is 2.71. The van der Waals surface area contributed by atoms with Gasteiger partial charge in [-0.3, -0.25) is 19.7 Å². The lowest BCUT2D eigenvalue weighted by Gasteiger charge is -2.44. The summed E-state index contributed by atoms with van der Waals surface area (Å²) in [6.45, 7) is 6.43. The number of hydrogen-bond acceptors (Lipinski definition) is 5. The van der Waals surface area contributed by atoms with Crippen LogP contribution in [0.5, 0.6) is 5.75 Å². The number of likely N-dealkylation sites (tertiary alicyclic amines) is 1. The van der Waals surface area contributed by atoms with E-state index in [1.54, 1.807) is 17.9 Å². The van der Waals surface area contributed by atoms with Crippen LogP contribution in [0.25, 0.3) is 0 Å². The minimum Gasteiger partial charge on any atom is -0.486 e. The molecule has 0 atom stereocenters. The Morgan fingerprint density at radius 1 is 1.10 bits per heavy atom. The highest BCUT2D eigenvalue weighted by Gasteiger charge is 2.44. The zero-order valence-electron chi connectivity index (χ0n) is 17.4. The van der Waals surface area contributed by atoms with Gasteiger partial charge in [-0.05, 0) is 44.0 Å². The van der Waals surface area contributed by atoms with E-state index in [1.165, 1.54) is 12.1 Å². The summed E-state index contributed by atoms with van der Waals surface area (Å²) >= 11 is 0. The Bertz CT molecular complexity index is 1070. The van der Waals surface area contributed by atoms with E-state index in [0.29, 0.717) is 54.8 Å². The number of rotatable bonds is 2. The number of amides is 1. The predicted molar refractivity (Wildman–Crippen MR) is 111 cm³/mol. The summed E-state index contributed by atoms with van der Waals surface area (Å²) in [6.07, 6.45) is 1.40. The van der Waals surface area contributed by atoms with Gasteiger partial charge >= 0.3 is 0 Å². The van der Waals surface area contributed by atoms with E-state index in [2.05, 4.69) is 0 Å². The van der Waals surface area contributed by atoms with Crippen LogP contribution >= 0.6 is 0 Å². The minimum atomic E-state index is -0.600. The Kier molecular flexibility index (Phi) is 4.84. The fourth-order valence-electron chi connectivity index (χ4n) is 4.40. The van der Waals surface area contributed by atoms with Crippen LogP contribution in [0.2, 0.25) is 0 Å². The highest BCUT2D eigenvalue weighted by atomic mass is 16.6. The number of nitrogens with zero attached hydrogens (tertiary/aromatic N) is 2. The van der Waals surface area contributed by atoms with Crippen LogP contribution in [-0.4, -0.2) is 40.2 Å². The average molecular weight is 408 g/mol. The summed E-state index contributed by atoms with van der Waals surface area (Å²) in [7, 11) is 0. The molecule has 1 spiro atoms. The van der Waals surface area contributed by atoms with Gasteiger partial charge in [-0.25, -0.2) is 0 Å². The lowest BCUT2D eigenvalue weighted by molar-refractivity contribution is -0.385. The van der Waals surface area contributed by atoms with Gasteiger partial charge in [-0.2, -0.15) is 0 Å². The highest BCUT2D eigenvalue weighted by molar-refractivity contribution is 6.01. The SMILES string of the molecule is Cc1ccc2c(c1C)OC1(CCN(C(=O)c3cccc([N+](=O)[O-])c3C)CC1)CC2=O. The molecule has 0 aromatic heterocycles. The number of carbonyl (C=O) groups is 2. The second-order valence-corrected chi connectivity index (χ2v) is 8.27. The summed E-state index contributed by atoms with van der Waals surface area (Å²) in [5, 5.41) is 11.2. The van der Waals surface area contributed by atoms with Crippen LogP contribution in [0.4, 0.5) is 5.69 Å². The molecule has 0 aliphatic carbocycles. The molecule has 7 nitrogen and oxygen atoms in total. The van der Waals surface area contributed by atoms with Crippen LogP contribution < -0.4 is 4.74 Å². The van der Waals surface area contributed by atoms with Gasteiger partial charge in [0.05, 0.1) is 16.9 Å². The van der Waals surface area contributed by atoms with Crippen molar-refractivity contribution in [2.24, 2.45) is 0 Å². The number of benzene rings is 2. The molecule has 0 saturated carbocycles. The zero-order chi connectivity index (χ0) is 21.6. The van der Waals surface area contributed by atoms with E-state index in [0.717, 1.165) is 11.1 Å². The van der Waals surface area contributed by atoms with Crippen LogP contribution in [0, 0.1) is 30.9 Å². The monoisotopic (exact) mass is 408 g/mol. The first-order valence-electron chi connectivity index (χ1n) is 10.1. The third-order valence-corrected chi connectivity index (χ3v) is 6.47. The van der Waals surface area contributed by atoms with Crippen molar-refractivity contribution >= 4 is 17.4 Å². The van der Waals surface area contributed by atoms with Gasteiger partial charge in [0.2, 0.25) is 0 Å². The van der Waals surface area contributed by atoms with Gasteiger partial charge in [0.1, 0.15) is 11.4 Å². The second kappa shape index (κ2) is 7.23. The van der Waals surface area contributed by atoms with Gasteiger partial charge in [-0.15, -0.1) is 0 Å². The highest BCUT2D eigenvalue weighted by Crippen LogP contribution is 2.42. The molecule has 0 bridgehead atoms. The predicted octanol–water partition coefficient (Wildman–Crippen LogP) is 4.16. The maximum absolute atomic E-state index is 13.0. The van der Waals surface area contributed by atoms with Crippen molar-refractivity contribution in [2.45, 2.75) is 45.6 Å². The molecule has 4 rings (SSSR count). The van der Waals surface area contributed by atoms with E-state index in [-0.39, 0.29) is 17.4 Å². The number of ketones is 1. The zero-order valence-corrected chi connectivity index (χ0v) is 17.4. The van der Waals surface area contributed by atoms with Gasteiger partial charge in [0.15, 0.2) is 5.78 Å². The molecule has 1 saturated heterocycles. The fourth-order valence-corrected chi connectivity index (χ4v) is 4.40. The standard InChI is InChI=1S/C23H24N2O5/c1-14-7-8-18-20(26)13-23(30-21(18)15(14)2)9-11-24(12-10-23)22(27)17-5-4-6-19(16(17)3)25(28)29/h4-8H,9-13H2,1-3H3. The topological polar surface area (TPSA) is 89.8 Å². The molecule has 0 radical (unpaired) electrons. The number of fused-ring (bicyclic) bond motifs is 1. The van der Waals surface area contributed by atoms with Crippen molar-refractivity contribution in [2.75, 3.05) is 13.1 Å². The van der Waals surface area contributed by atoms with Gasteiger partial charge in [0, 0.05) is 43.1 Å². The Hall–Kier alpha value is -3.22. The van der Waals surface area contributed by atoms with Crippen LogP contribution in [0.15, 0.2) is 30.3 Å². The third kappa shape index (κ3) is 3.24. The summed E-state index contributed by atoms with van der Waals surface area (Å²) in [5.41, 5.74) is 2.75. The molecule has 156 valence electrons. The summed E-state index contributed by atoms with van der Waals surface area (Å²) in [5.74, 6) is 0.523. The molecular weight excluding hydrogens is 384 g/mol. The van der Waals surface area contributed by atoms with Crippen molar-refractivity contribution < 1.29 is 19.2 Å². The number of aryl methyl sites for hydroxylation is 1. The Morgan fingerprint density at radius 3 is 2.47 bits per heavy atom. The van der Waals surface area contributed by atoms with E-state index >= 15 is 0 Å². The molecule has 7 heteroatoms. The van der Waals surface area contributed by atoms with Gasteiger partial charge < -0.3 is 9.64 Å². The number of nitro groups is 1. The maximum atomic E-state index is 13.0. The third-order valence-electron chi connectivity index (χ3n) is 6.47. The molecule has 0 N–H and O–H groups in total. The smallest absolute Gasteiger partial charge is 0.273 e. The van der Waals surface area contributed by atoms with Crippen molar-refractivity contribution in [1.82, 2.24) is 4.90 Å². The summed E-state index contributed by atoms with van der Waals surface area (Å²) in [6, 6.07) is 8.33. The molecule has 2 aromatic rings. The van der Waals surface area contributed by atoms with E-state index in [4.69, 9.17) is 4.74 Å². The largest absolute Gasteiger partial charge is 0.486 e. The van der Waals surface area contributed by atoms with E-state index in [1.807, 2.05) is 26.0 Å². The number of Topliss-reactive ketones (excluding diaryl/α,β-unsaturated/α-hetero) is 1. The van der Waals surface area contributed by atoms with Crippen LogP contribution in [0.3, 0.4) is 0 Å². The molecule has 2 aliphatic heterocycles. The van der Waals surface area contributed by atoms with E-state index in [9.17, 15) is 19.7 Å². The lowest BCUT2D eigenvalue weighted by atomic mass is 9.81. The lowest BCUT2D eigenvalue weighted by Crippen LogP contribution is -2.52. The van der Waals surface area contributed by atoms with Crippen molar-refractivity contribution in [3.8, 4) is 5.75 Å². The molecule has 2 heterocycles. The first kappa shape index (κ1) is 20.1. The minimum absolute atomic E-state index is 0.0574. The number of carbonyl (C=O) groups excluding carboxylic acids is 2. The van der Waals surface area contributed by atoms with Crippen molar-refractivity contribution in [3.05, 3.63) is 68.3 Å².